The van der Waals surface area contributed by atoms with Gasteiger partial charge in [-0.3, -0.25) is 9.36 Å². The Labute approximate surface area is 112 Å². The molecular formula is C11H17N5O2S. The Morgan fingerprint density at radius 3 is 2.63 bits per heavy atom. The molecule has 2 aromatic heterocycles. The van der Waals surface area contributed by atoms with E-state index in [1.54, 1.807) is 22.6 Å². The van der Waals surface area contributed by atoms with E-state index in [1.807, 2.05) is 13.8 Å². The van der Waals surface area contributed by atoms with Crippen molar-refractivity contribution in [3.63, 3.8) is 0 Å². The van der Waals surface area contributed by atoms with Crippen LogP contribution in [0.5, 0.6) is 0 Å². The third-order valence-electron chi connectivity index (χ3n) is 2.81. The Morgan fingerprint density at radius 2 is 2.11 bits per heavy atom. The Bertz CT molecular complexity index is 671. The minimum Gasteiger partial charge on any atom is -0.275 e. The molecule has 0 aliphatic rings. The topological polar surface area (TPSA) is 81.8 Å². The monoisotopic (exact) mass is 283 g/mol. The number of nitrogens with one attached hydrogen (secondary N) is 1. The van der Waals surface area contributed by atoms with E-state index in [0.29, 0.717) is 6.54 Å². The molecule has 7 nitrogen and oxygen atoms in total. The number of aryl methyl sites for hydroxylation is 3. The lowest BCUT2D eigenvalue weighted by Crippen LogP contribution is -2.23. The summed E-state index contributed by atoms with van der Waals surface area (Å²) >= 11 is 0. The van der Waals surface area contributed by atoms with Crippen LogP contribution in [-0.2, 0) is 30.2 Å². The van der Waals surface area contributed by atoms with E-state index in [0.717, 1.165) is 11.3 Å². The average Bonchev–Trinajstić information content (AvgIpc) is 2.94. The number of hydrogen-bond acceptors (Lipinski definition) is 4. The van der Waals surface area contributed by atoms with Crippen LogP contribution in [0.15, 0.2) is 23.5 Å². The summed E-state index contributed by atoms with van der Waals surface area (Å²) in [6.07, 6.45) is 4.66. The van der Waals surface area contributed by atoms with Gasteiger partial charge in [0.15, 0.2) is 0 Å². The maximum Gasteiger partial charge on any atom is 0.243 e. The fourth-order valence-corrected chi connectivity index (χ4v) is 2.69. The molecule has 0 radical (unpaired) electrons. The molecule has 0 saturated heterocycles. The van der Waals surface area contributed by atoms with Crippen LogP contribution < -0.4 is 4.72 Å². The summed E-state index contributed by atoms with van der Waals surface area (Å²) in [5.74, 6) is 0. The highest BCUT2D eigenvalue weighted by molar-refractivity contribution is 7.89. The number of sulfonamides is 1. The molecule has 19 heavy (non-hydrogen) atoms. The van der Waals surface area contributed by atoms with Crippen LogP contribution >= 0.6 is 0 Å². The normalized spacial score (nSPS) is 11.9. The molecule has 0 aliphatic carbocycles. The first-order chi connectivity index (χ1) is 8.92. The van der Waals surface area contributed by atoms with Crippen molar-refractivity contribution in [3.05, 3.63) is 29.8 Å². The summed E-state index contributed by atoms with van der Waals surface area (Å²) in [6.45, 7) is 4.60. The van der Waals surface area contributed by atoms with E-state index in [2.05, 4.69) is 14.9 Å². The van der Waals surface area contributed by atoms with E-state index >= 15 is 0 Å². The summed E-state index contributed by atoms with van der Waals surface area (Å²) in [7, 11) is -1.72. The highest BCUT2D eigenvalue weighted by Gasteiger charge is 2.16. The van der Waals surface area contributed by atoms with Crippen molar-refractivity contribution in [3.8, 4) is 0 Å². The van der Waals surface area contributed by atoms with Gasteiger partial charge in [0.05, 0.1) is 11.9 Å². The van der Waals surface area contributed by atoms with Crippen molar-refractivity contribution in [2.24, 2.45) is 7.05 Å². The number of hydrogen-bond donors (Lipinski definition) is 1. The van der Waals surface area contributed by atoms with Gasteiger partial charge in [-0.1, -0.05) is 0 Å². The molecule has 1 N–H and O–H groups in total. The second kappa shape index (κ2) is 5.14. The summed E-state index contributed by atoms with van der Waals surface area (Å²) in [6, 6.07) is 0. The SMILES string of the molecule is CCn1cc(S(=O)(=O)NCc2cn(C)nc2C)cn1. The minimum absolute atomic E-state index is 0.177. The predicted octanol–water partition coefficient (Wildman–Crippen LogP) is 0.423. The molecule has 0 saturated carbocycles. The van der Waals surface area contributed by atoms with Gasteiger partial charge >= 0.3 is 0 Å². The Balaban J connectivity index is 2.11. The van der Waals surface area contributed by atoms with Crippen molar-refractivity contribution in [2.75, 3.05) is 0 Å². The van der Waals surface area contributed by atoms with Gasteiger partial charge in [0.25, 0.3) is 0 Å². The molecule has 0 bridgehead atoms. The summed E-state index contributed by atoms with van der Waals surface area (Å²) in [5, 5.41) is 8.13. The smallest absolute Gasteiger partial charge is 0.243 e. The quantitative estimate of drug-likeness (QED) is 0.862. The van der Waals surface area contributed by atoms with E-state index in [9.17, 15) is 8.42 Å². The van der Waals surface area contributed by atoms with Crippen LogP contribution in [0.2, 0.25) is 0 Å². The van der Waals surface area contributed by atoms with Crippen molar-refractivity contribution in [2.45, 2.75) is 31.8 Å². The number of nitrogens with zero attached hydrogens (tertiary/aromatic N) is 4. The molecular weight excluding hydrogens is 266 g/mol. The highest BCUT2D eigenvalue weighted by atomic mass is 32.2. The van der Waals surface area contributed by atoms with Crippen LogP contribution in [0.1, 0.15) is 18.2 Å². The second-order valence-electron chi connectivity index (χ2n) is 4.27. The van der Waals surface area contributed by atoms with Crippen LogP contribution in [0.25, 0.3) is 0 Å². The van der Waals surface area contributed by atoms with Crippen LogP contribution in [0.3, 0.4) is 0 Å². The molecule has 8 heteroatoms. The summed E-state index contributed by atoms with van der Waals surface area (Å²) in [4.78, 5) is 0.177. The fraction of sp³-hybridized carbons (Fsp3) is 0.455. The lowest BCUT2D eigenvalue weighted by atomic mass is 10.3. The Kier molecular flexibility index (Phi) is 3.72. The molecule has 0 aliphatic heterocycles. The van der Waals surface area contributed by atoms with Gasteiger partial charge in [-0.2, -0.15) is 10.2 Å². The summed E-state index contributed by atoms with van der Waals surface area (Å²) in [5.41, 5.74) is 1.67. The van der Waals surface area contributed by atoms with Gasteiger partial charge in [-0.15, -0.1) is 0 Å². The van der Waals surface area contributed by atoms with Gasteiger partial charge < -0.3 is 0 Å². The standard InChI is InChI=1S/C11H17N5O2S/c1-4-16-8-11(6-12-16)19(17,18)13-5-10-7-15(3)14-9(10)2/h6-8,13H,4-5H2,1-3H3. The fourth-order valence-electron chi connectivity index (χ4n) is 1.73. The Hall–Kier alpha value is -1.67. The van der Waals surface area contributed by atoms with Crippen molar-refractivity contribution >= 4 is 10.0 Å². The zero-order valence-corrected chi connectivity index (χ0v) is 12.0. The predicted molar refractivity (Wildman–Crippen MR) is 69.9 cm³/mol. The van der Waals surface area contributed by atoms with Crippen LogP contribution in [-0.4, -0.2) is 28.0 Å². The van der Waals surface area contributed by atoms with E-state index in [1.165, 1.54) is 12.4 Å². The molecule has 104 valence electrons. The van der Waals surface area contributed by atoms with Crippen molar-refractivity contribution < 1.29 is 8.42 Å². The zero-order chi connectivity index (χ0) is 14.0. The maximum absolute atomic E-state index is 12.1. The largest absolute Gasteiger partial charge is 0.275 e. The zero-order valence-electron chi connectivity index (χ0n) is 11.2. The molecule has 0 fully saturated rings. The van der Waals surface area contributed by atoms with E-state index in [-0.39, 0.29) is 11.4 Å². The van der Waals surface area contributed by atoms with Crippen LogP contribution in [0, 0.1) is 6.92 Å². The van der Waals surface area contributed by atoms with Gasteiger partial charge in [-0.25, -0.2) is 13.1 Å². The van der Waals surface area contributed by atoms with Crippen LogP contribution in [0.4, 0.5) is 0 Å². The molecule has 0 aromatic carbocycles. The lowest BCUT2D eigenvalue weighted by molar-refractivity contribution is 0.580. The van der Waals surface area contributed by atoms with Crippen molar-refractivity contribution in [1.82, 2.24) is 24.3 Å². The first kappa shape index (κ1) is 13.8. The summed E-state index contributed by atoms with van der Waals surface area (Å²) < 4.78 is 29.9. The van der Waals surface area contributed by atoms with Gasteiger partial charge in [-0.05, 0) is 13.8 Å². The lowest BCUT2D eigenvalue weighted by Gasteiger charge is -2.03. The maximum atomic E-state index is 12.1. The van der Waals surface area contributed by atoms with Gasteiger partial charge in [0.1, 0.15) is 4.90 Å². The molecule has 0 unspecified atom stereocenters. The molecule has 0 spiro atoms. The molecule has 2 heterocycles. The second-order valence-corrected chi connectivity index (χ2v) is 6.04. The first-order valence-electron chi connectivity index (χ1n) is 5.93. The van der Waals surface area contributed by atoms with E-state index in [4.69, 9.17) is 0 Å². The molecule has 2 rings (SSSR count). The number of rotatable bonds is 5. The van der Waals surface area contributed by atoms with Crippen molar-refractivity contribution in [1.29, 1.82) is 0 Å². The average molecular weight is 283 g/mol. The molecule has 0 amide bonds. The first-order valence-corrected chi connectivity index (χ1v) is 7.42. The highest BCUT2D eigenvalue weighted by Crippen LogP contribution is 2.09. The molecule has 0 atom stereocenters. The Morgan fingerprint density at radius 1 is 1.37 bits per heavy atom. The van der Waals surface area contributed by atoms with E-state index < -0.39 is 10.0 Å². The third kappa shape index (κ3) is 3.02. The number of aromatic nitrogens is 4. The molecule has 2 aromatic rings. The van der Waals surface area contributed by atoms with Gasteiger partial charge in [0.2, 0.25) is 10.0 Å². The third-order valence-corrected chi connectivity index (χ3v) is 4.17. The minimum atomic E-state index is -3.53. The van der Waals surface area contributed by atoms with Gasteiger partial charge in [0, 0.05) is 38.1 Å².